The van der Waals surface area contributed by atoms with Crippen molar-refractivity contribution in [3.05, 3.63) is 110 Å². The summed E-state index contributed by atoms with van der Waals surface area (Å²) in [6.45, 7) is 8.08. The van der Waals surface area contributed by atoms with Crippen LogP contribution in [0, 0.1) is 25.6 Å². The minimum atomic E-state index is -4.33. The van der Waals surface area contributed by atoms with E-state index in [4.69, 9.17) is 9.98 Å². The van der Waals surface area contributed by atoms with E-state index in [-0.39, 0.29) is 31.8 Å². The standard InChI is InChI=1S/C30H34N6O7S.CH4/c1-29(2)23-17-21(35(37)38)19-33(5)27(23)31-25(29)13-9-7-6-8-10-14-26-30(3,4)24-18-22(36(39)40)20-34(28(24)32-26)15-11-12-16-44(41,42)43;/h6-10,13-14,17-20H,11-12,15-16H2,1-5H3;1H4. The molecule has 4 rings (SSSR count). The first-order chi connectivity index (χ1) is 20.5. The molecule has 0 bridgehead atoms. The Balaban J connectivity index is 0.00000552. The van der Waals surface area contributed by atoms with Gasteiger partial charge >= 0.3 is 11.5 Å². The van der Waals surface area contributed by atoms with Gasteiger partial charge in [0.1, 0.15) is 5.84 Å². The van der Waals surface area contributed by atoms with Crippen LogP contribution >= 0.6 is 0 Å². The maximum Gasteiger partial charge on any atom is 0.327 e. The summed E-state index contributed by atoms with van der Waals surface area (Å²) in [6, 6.07) is 1.57. The maximum atomic E-state index is 11.6. The lowest BCUT2D eigenvalue weighted by molar-refractivity contribution is -0.661. The average molecular weight is 639 g/mol. The van der Waals surface area contributed by atoms with Gasteiger partial charge in [0.25, 0.3) is 5.70 Å². The molecule has 0 unspecified atom stereocenters. The highest BCUT2D eigenvalue weighted by atomic mass is 32.2. The van der Waals surface area contributed by atoms with Crippen LogP contribution < -0.4 is 4.57 Å². The number of pyridine rings is 1. The predicted octanol–water partition coefficient (Wildman–Crippen LogP) is 5.10. The molecular weight excluding hydrogens is 600 g/mol. The molecule has 0 aromatic carbocycles. The largest absolute Gasteiger partial charge is 0.748 e. The highest BCUT2D eigenvalue weighted by Crippen LogP contribution is 2.45. The molecule has 3 aliphatic heterocycles. The fourth-order valence-corrected chi connectivity index (χ4v) is 5.76. The van der Waals surface area contributed by atoms with E-state index in [1.807, 2.05) is 70.2 Å². The van der Waals surface area contributed by atoms with Crippen molar-refractivity contribution in [2.75, 3.05) is 12.3 Å². The molecule has 1 aromatic heterocycles. The van der Waals surface area contributed by atoms with E-state index < -0.39 is 36.5 Å². The summed E-state index contributed by atoms with van der Waals surface area (Å²) in [5.74, 6) is 0.750. The van der Waals surface area contributed by atoms with Crippen LogP contribution in [0.15, 0.2) is 94.0 Å². The van der Waals surface area contributed by atoms with Crippen molar-refractivity contribution >= 4 is 33.2 Å². The normalized spacial score (nSPS) is 19.3. The molecule has 14 heteroatoms. The minimum absolute atomic E-state index is 0. The van der Waals surface area contributed by atoms with Gasteiger partial charge in [-0.25, -0.2) is 18.0 Å². The van der Waals surface area contributed by atoms with Crippen molar-refractivity contribution in [3.63, 3.8) is 0 Å². The van der Waals surface area contributed by atoms with E-state index in [2.05, 4.69) is 0 Å². The molecule has 0 atom stereocenters. The first-order valence-corrected chi connectivity index (χ1v) is 15.5. The number of aryl methyl sites for hydroxylation is 1. The summed E-state index contributed by atoms with van der Waals surface area (Å²) in [5.41, 5.74) is 1.74. The maximum absolute atomic E-state index is 11.6. The van der Waals surface area contributed by atoms with E-state index in [0.717, 1.165) is 11.3 Å². The zero-order valence-electron chi connectivity index (χ0n) is 25.1. The molecule has 13 nitrogen and oxygen atoms in total. The Morgan fingerprint density at radius 2 is 1.64 bits per heavy atom. The van der Waals surface area contributed by atoms with Gasteiger partial charge in [0.15, 0.2) is 11.9 Å². The van der Waals surface area contributed by atoms with Gasteiger partial charge in [-0.05, 0) is 43.8 Å². The van der Waals surface area contributed by atoms with Gasteiger partial charge in [0.05, 0.1) is 49.9 Å². The van der Waals surface area contributed by atoms with Gasteiger partial charge in [-0.1, -0.05) is 51.7 Å². The highest BCUT2D eigenvalue weighted by molar-refractivity contribution is 7.85. The zero-order chi connectivity index (χ0) is 32.4. The molecule has 1 aromatic rings. The van der Waals surface area contributed by atoms with Crippen LogP contribution in [0.2, 0.25) is 0 Å². The van der Waals surface area contributed by atoms with E-state index in [1.54, 1.807) is 22.6 Å². The quantitative estimate of drug-likeness (QED) is 0.0803. The van der Waals surface area contributed by atoms with Gasteiger partial charge in [0, 0.05) is 35.4 Å². The fourth-order valence-electron chi connectivity index (χ4n) is 5.20. The van der Waals surface area contributed by atoms with Crippen molar-refractivity contribution in [1.82, 2.24) is 4.90 Å². The Labute approximate surface area is 263 Å². The smallest absolute Gasteiger partial charge is 0.327 e. The molecule has 4 heterocycles. The van der Waals surface area contributed by atoms with E-state index >= 15 is 0 Å². The van der Waals surface area contributed by atoms with Crippen molar-refractivity contribution in [1.29, 1.82) is 0 Å². The van der Waals surface area contributed by atoms with Gasteiger partial charge in [-0.2, -0.15) is 0 Å². The monoisotopic (exact) mass is 638 g/mol. The number of unbranched alkanes of at least 4 members (excludes halogenated alkanes) is 1. The summed E-state index contributed by atoms with van der Waals surface area (Å²) in [4.78, 5) is 33.1. The number of hydrogen-bond acceptors (Lipinski definition) is 10. The summed E-state index contributed by atoms with van der Waals surface area (Å²) in [5, 5.41) is 22.9. The first kappa shape index (κ1) is 34.9. The van der Waals surface area contributed by atoms with E-state index in [9.17, 15) is 33.2 Å². The number of allylic oxidation sites excluding steroid dienone is 9. The average Bonchev–Trinajstić information content (AvgIpc) is 3.34. The molecule has 3 aliphatic rings. The predicted molar refractivity (Wildman–Crippen MR) is 172 cm³/mol. The molecule has 0 saturated carbocycles. The van der Waals surface area contributed by atoms with E-state index in [0.29, 0.717) is 29.3 Å². The Morgan fingerprint density at radius 1 is 0.978 bits per heavy atom. The Bertz CT molecular complexity index is 1760. The molecule has 240 valence electrons. The number of nitro groups is 2. The molecular formula is C31H38N6O7S. The zero-order valence-corrected chi connectivity index (χ0v) is 25.9. The minimum Gasteiger partial charge on any atom is -0.748 e. The molecule has 0 spiro atoms. The second-order valence-electron chi connectivity index (χ2n) is 11.7. The molecule has 0 amide bonds. The third-order valence-corrected chi connectivity index (χ3v) is 8.57. The molecule has 0 fully saturated rings. The first-order valence-electron chi connectivity index (χ1n) is 13.9. The van der Waals surface area contributed by atoms with Gasteiger partial charge in [-0.3, -0.25) is 20.2 Å². The topological polar surface area (TPSA) is 175 Å². The lowest BCUT2D eigenvalue weighted by atomic mass is 9.81. The van der Waals surface area contributed by atoms with Crippen LogP contribution in [-0.4, -0.2) is 51.6 Å². The lowest BCUT2D eigenvalue weighted by Gasteiger charge is -2.28. The number of aliphatic imine (C=N–C) groups is 2. The Hall–Kier alpha value is -4.56. The number of amidine groups is 1. The van der Waals surface area contributed by atoms with Crippen molar-refractivity contribution in [2.45, 2.75) is 53.4 Å². The molecule has 0 aliphatic carbocycles. The fraction of sp³-hybridized carbons (Fsp3) is 0.387. The molecule has 0 radical (unpaired) electrons. The summed E-state index contributed by atoms with van der Waals surface area (Å²) >= 11 is 0. The van der Waals surface area contributed by atoms with Gasteiger partial charge in [-0.15, -0.1) is 0 Å². The van der Waals surface area contributed by atoms with Gasteiger partial charge < -0.3 is 9.45 Å². The summed E-state index contributed by atoms with van der Waals surface area (Å²) in [7, 11) is -2.59. The van der Waals surface area contributed by atoms with Crippen LogP contribution in [0.25, 0.3) is 0 Å². The Morgan fingerprint density at radius 3 is 2.29 bits per heavy atom. The summed E-state index contributed by atoms with van der Waals surface area (Å²) in [6.07, 6.45) is 17.7. The van der Waals surface area contributed by atoms with Crippen molar-refractivity contribution < 1.29 is 27.4 Å². The SMILES string of the molecule is C.C[n+]1cc([N+](=O)[O-])cc2c1N=C(C=CC=CC=CC=C1N=C3C(=CC([N+](=O)[O-])=CN3CCCCS(=O)(=O)[O-])C1(C)C)C2(C)C. The Kier molecular flexibility index (Phi) is 10.2. The lowest BCUT2D eigenvalue weighted by Crippen LogP contribution is -2.33. The van der Waals surface area contributed by atoms with Crippen LogP contribution in [0.3, 0.4) is 0 Å². The highest BCUT2D eigenvalue weighted by Gasteiger charge is 2.44. The molecule has 0 saturated heterocycles. The number of hydrogen-bond donors (Lipinski definition) is 0. The second kappa shape index (κ2) is 13.2. The van der Waals surface area contributed by atoms with Crippen LogP contribution in [-0.2, 0) is 22.6 Å². The van der Waals surface area contributed by atoms with Crippen LogP contribution in [0.5, 0.6) is 0 Å². The number of nitrogens with zero attached hydrogens (tertiary/aromatic N) is 6. The third-order valence-electron chi connectivity index (χ3n) is 7.78. The number of rotatable bonds is 11. The number of fused-ring (bicyclic) bond motifs is 2. The van der Waals surface area contributed by atoms with Crippen molar-refractivity contribution in [3.8, 4) is 0 Å². The van der Waals surface area contributed by atoms with Gasteiger partial charge in [0.2, 0.25) is 0 Å². The van der Waals surface area contributed by atoms with E-state index in [1.165, 1.54) is 18.5 Å². The van der Waals surface area contributed by atoms with Crippen LogP contribution in [0.4, 0.5) is 11.5 Å². The van der Waals surface area contributed by atoms with Crippen molar-refractivity contribution in [2.24, 2.45) is 22.4 Å². The third kappa shape index (κ3) is 7.57. The molecule has 0 N–H and O–H groups in total. The second-order valence-corrected chi connectivity index (χ2v) is 13.2. The van der Waals surface area contributed by atoms with Crippen LogP contribution in [0.1, 0.15) is 53.5 Å². The number of aromatic nitrogens is 1. The summed E-state index contributed by atoms with van der Waals surface area (Å²) < 4.78 is 34.5. The molecule has 45 heavy (non-hydrogen) atoms.